The van der Waals surface area contributed by atoms with Gasteiger partial charge < -0.3 is 23.6 Å². The first-order valence-electron chi connectivity index (χ1n) is 15.1. The standard InChI is InChI=1S/C31H37F3N6O7S2/c1-8-9-11-18(2)16-30(7,37-28(42)46-29(4,5)6)27-39-38-24(45-27)20-14-21(36-23(15-20)47-49(43,44)31(32,33)34)26(41)40-13-10-12-22(40)25-35-19(3)17-48-25/h8-9,11,14-15,17,22H,10,12-13,16H2,1-7H3,(H,37,42)/b9-8-,18-11+. The molecule has 0 radical (unpaired) electrons. The van der Waals surface area contributed by atoms with Gasteiger partial charge in [0.1, 0.15) is 21.8 Å². The van der Waals surface area contributed by atoms with Gasteiger partial charge in [-0.15, -0.1) is 21.5 Å². The van der Waals surface area contributed by atoms with Gasteiger partial charge in [0.25, 0.3) is 5.91 Å². The third-order valence-electron chi connectivity index (χ3n) is 7.06. The molecule has 0 saturated carbocycles. The zero-order chi connectivity index (χ0) is 36.4. The van der Waals surface area contributed by atoms with E-state index in [0.717, 1.165) is 17.3 Å². The second-order valence-corrected chi connectivity index (χ2v) is 15.1. The topological polar surface area (TPSA) is 167 Å². The highest BCUT2D eigenvalue weighted by molar-refractivity contribution is 7.87. The van der Waals surface area contributed by atoms with Gasteiger partial charge in [0.2, 0.25) is 17.7 Å². The number of alkyl carbamates (subject to hydrolysis) is 1. The number of alkyl halides is 3. The number of amides is 2. The SMILES string of the molecule is C/C=C\C=C(/C)CC(C)(NC(=O)OC(C)(C)C)c1nnc(-c2cc(OS(=O)(=O)C(F)(F)F)nc(C(=O)N3CCCC3c3nc(C)cs3)c2)o1. The van der Waals surface area contributed by atoms with Crippen LogP contribution in [0.4, 0.5) is 18.0 Å². The fraction of sp³-hybridized carbons (Fsp3) is 0.484. The van der Waals surface area contributed by atoms with E-state index >= 15 is 0 Å². The number of ether oxygens (including phenoxy) is 1. The van der Waals surface area contributed by atoms with Gasteiger partial charge in [-0.2, -0.15) is 21.6 Å². The fourth-order valence-corrected chi connectivity index (χ4v) is 6.37. The Labute approximate surface area is 285 Å². The molecule has 4 rings (SSSR count). The molecule has 4 heterocycles. The number of hydrogen-bond acceptors (Lipinski definition) is 12. The first-order chi connectivity index (χ1) is 22.7. The Morgan fingerprint density at radius 3 is 2.49 bits per heavy atom. The Balaban J connectivity index is 1.78. The monoisotopic (exact) mass is 726 g/mol. The van der Waals surface area contributed by atoms with Gasteiger partial charge in [-0.05, 0) is 67.4 Å². The molecule has 1 N–H and O–H groups in total. The van der Waals surface area contributed by atoms with Crippen LogP contribution in [-0.2, 0) is 20.4 Å². The van der Waals surface area contributed by atoms with Gasteiger partial charge in [-0.3, -0.25) is 4.79 Å². The lowest BCUT2D eigenvalue weighted by Crippen LogP contribution is -2.46. The minimum Gasteiger partial charge on any atom is -0.444 e. The lowest BCUT2D eigenvalue weighted by Gasteiger charge is -2.29. The number of nitrogens with one attached hydrogen (secondary N) is 1. The van der Waals surface area contributed by atoms with E-state index in [1.165, 1.54) is 22.3 Å². The van der Waals surface area contributed by atoms with Crippen molar-refractivity contribution >= 4 is 33.5 Å². The third-order valence-corrected chi connectivity index (χ3v) is 9.08. The molecule has 266 valence electrons. The number of rotatable bonds is 10. The van der Waals surface area contributed by atoms with Crippen LogP contribution in [0.1, 0.15) is 93.9 Å². The molecule has 13 nitrogen and oxygen atoms in total. The number of aryl methyl sites for hydroxylation is 1. The van der Waals surface area contributed by atoms with Crippen molar-refractivity contribution in [1.29, 1.82) is 0 Å². The molecule has 18 heteroatoms. The van der Waals surface area contributed by atoms with Gasteiger partial charge in [0.15, 0.2) is 0 Å². The Morgan fingerprint density at radius 1 is 1.16 bits per heavy atom. The Kier molecular flexibility index (Phi) is 10.9. The van der Waals surface area contributed by atoms with E-state index in [4.69, 9.17) is 9.15 Å². The first-order valence-corrected chi connectivity index (χ1v) is 17.4. The van der Waals surface area contributed by atoms with Gasteiger partial charge in [0, 0.05) is 35.7 Å². The molecular formula is C31H37F3N6O7S2. The molecule has 2 unspecified atom stereocenters. The minimum atomic E-state index is -6.17. The number of halogens is 3. The minimum absolute atomic E-state index is 0.115. The molecular weight excluding hydrogens is 690 g/mol. The predicted molar refractivity (Wildman–Crippen MR) is 173 cm³/mol. The van der Waals surface area contributed by atoms with Crippen LogP contribution in [-0.4, -0.2) is 63.1 Å². The molecule has 0 aromatic carbocycles. The van der Waals surface area contributed by atoms with E-state index < -0.39 is 56.4 Å². The summed E-state index contributed by atoms with van der Waals surface area (Å²) in [5, 5.41) is 13.4. The van der Waals surface area contributed by atoms with Crippen LogP contribution < -0.4 is 9.50 Å². The Hall–Kier alpha value is -4.32. The van der Waals surface area contributed by atoms with Gasteiger partial charge in [0.05, 0.1) is 6.04 Å². The normalized spacial score (nSPS) is 17.3. The molecule has 1 aliphatic rings. The Bertz CT molecular complexity index is 1860. The molecule has 3 aromatic rings. The van der Waals surface area contributed by atoms with Crippen LogP contribution in [0, 0.1) is 6.92 Å². The van der Waals surface area contributed by atoms with Crippen molar-refractivity contribution in [2.45, 2.75) is 90.4 Å². The zero-order valence-corrected chi connectivity index (χ0v) is 29.5. The molecule has 2 atom stereocenters. The summed E-state index contributed by atoms with van der Waals surface area (Å²) in [6.45, 7) is 12.4. The largest absolute Gasteiger partial charge is 0.534 e. The summed E-state index contributed by atoms with van der Waals surface area (Å²) in [5.41, 5.74) is -6.98. The number of allylic oxidation sites excluding steroid dienone is 3. The van der Waals surface area contributed by atoms with Crippen molar-refractivity contribution in [3.05, 3.63) is 63.6 Å². The molecule has 2 amide bonds. The number of carbonyl (C=O) groups is 2. The van der Waals surface area contributed by atoms with E-state index in [1.54, 1.807) is 33.8 Å². The highest BCUT2D eigenvalue weighted by Gasteiger charge is 2.49. The maximum Gasteiger partial charge on any atom is 0.534 e. The molecule has 3 aromatic heterocycles. The second kappa shape index (κ2) is 14.3. The molecule has 1 saturated heterocycles. The van der Waals surface area contributed by atoms with Crippen LogP contribution in [0.3, 0.4) is 0 Å². The van der Waals surface area contributed by atoms with E-state index in [1.807, 2.05) is 38.3 Å². The second-order valence-electron chi connectivity index (χ2n) is 12.6. The molecule has 0 aliphatic carbocycles. The molecule has 49 heavy (non-hydrogen) atoms. The van der Waals surface area contributed by atoms with Crippen LogP contribution >= 0.6 is 11.3 Å². The maximum atomic E-state index is 13.8. The number of likely N-dealkylation sites (tertiary alicyclic amines) is 1. The molecule has 0 spiro atoms. The predicted octanol–water partition coefficient (Wildman–Crippen LogP) is 6.75. The van der Waals surface area contributed by atoms with Crippen molar-refractivity contribution in [3.63, 3.8) is 0 Å². The summed E-state index contributed by atoms with van der Waals surface area (Å²) in [6, 6.07) is 1.59. The maximum absolute atomic E-state index is 13.8. The summed E-state index contributed by atoms with van der Waals surface area (Å²) in [7, 11) is -6.17. The zero-order valence-electron chi connectivity index (χ0n) is 27.9. The summed E-state index contributed by atoms with van der Waals surface area (Å²) >= 11 is 1.36. The van der Waals surface area contributed by atoms with Crippen molar-refractivity contribution < 1.29 is 44.5 Å². The quantitative estimate of drug-likeness (QED) is 0.133. The number of hydrogen-bond donors (Lipinski definition) is 1. The van der Waals surface area contributed by atoms with E-state index in [2.05, 4.69) is 29.7 Å². The Morgan fingerprint density at radius 2 is 1.88 bits per heavy atom. The number of pyridine rings is 1. The van der Waals surface area contributed by atoms with Gasteiger partial charge in [-0.25, -0.2) is 14.8 Å². The highest BCUT2D eigenvalue weighted by Crippen LogP contribution is 2.37. The van der Waals surface area contributed by atoms with E-state index in [-0.39, 0.29) is 23.8 Å². The molecule has 0 bridgehead atoms. The van der Waals surface area contributed by atoms with Crippen molar-refractivity contribution in [1.82, 2.24) is 30.4 Å². The fourth-order valence-electron chi connectivity index (χ4n) is 5.02. The number of aromatic nitrogens is 4. The van der Waals surface area contributed by atoms with Crippen molar-refractivity contribution in [2.75, 3.05) is 6.54 Å². The lowest BCUT2D eigenvalue weighted by molar-refractivity contribution is -0.0501. The summed E-state index contributed by atoms with van der Waals surface area (Å²) in [4.78, 5) is 36.5. The average molecular weight is 727 g/mol. The first kappa shape index (κ1) is 37.5. The average Bonchev–Trinajstić information content (AvgIpc) is 3.74. The van der Waals surface area contributed by atoms with Crippen molar-refractivity contribution in [3.8, 4) is 17.3 Å². The number of carbonyl (C=O) groups excluding carboxylic acids is 2. The van der Waals surface area contributed by atoms with Crippen LogP contribution in [0.2, 0.25) is 0 Å². The highest BCUT2D eigenvalue weighted by atomic mass is 32.2. The van der Waals surface area contributed by atoms with Crippen LogP contribution in [0.25, 0.3) is 11.5 Å². The van der Waals surface area contributed by atoms with Crippen molar-refractivity contribution in [2.24, 2.45) is 0 Å². The van der Waals surface area contributed by atoms with Gasteiger partial charge in [-0.1, -0.05) is 23.8 Å². The van der Waals surface area contributed by atoms with Crippen LogP contribution in [0.15, 0.2) is 45.7 Å². The summed E-state index contributed by atoms with van der Waals surface area (Å²) < 4.78 is 79.5. The number of nitrogens with zero attached hydrogens (tertiary/aromatic N) is 5. The summed E-state index contributed by atoms with van der Waals surface area (Å²) in [5.74, 6) is -2.18. The van der Waals surface area contributed by atoms with E-state index in [9.17, 15) is 31.2 Å². The molecule has 1 aliphatic heterocycles. The smallest absolute Gasteiger partial charge is 0.444 e. The summed E-state index contributed by atoms with van der Waals surface area (Å²) in [6.07, 6.45) is 6.03. The number of thiazole rings is 1. The van der Waals surface area contributed by atoms with Crippen LogP contribution in [0.5, 0.6) is 5.88 Å². The van der Waals surface area contributed by atoms with Gasteiger partial charge >= 0.3 is 21.7 Å². The third kappa shape index (κ3) is 9.23. The molecule has 1 fully saturated rings. The lowest BCUT2D eigenvalue weighted by atomic mass is 9.93. The van der Waals surface area contributed by atoms with E-state index in [0.29, 0.717) is 24.4 Å².